The first-order valence-corrected chi connectivity index (χ1v) is 10.1. The van der Waals surface area contributed by atoms with Crippen molar-refractivity contribution < 1.29 is 13.2 Å². The molecule has 0 amide bonds. The zero-order chi connectivity index (χ0) is 18.6. The summed E-state index contributed by atoms with van der Waals surface area (Å²) in [5.41, 5.74) is 0.685. The standard InChI is InChI=1S/C19H15Cl2NO3S/c20-16-9-6-10-17(21)15(16)13-26(23,24)22-18-11-4-5-12-19(18)25-14-7-2-1-3-8-14/h1-12,22H,13H2. The van der Waals surface area contributed by atoms with Gasteiger partial charge < -0.3 is 4.74 Å². The van der Waals surface area contributed by atoms with Crippen molar-refractivity contribution in [3.05, 3.63) is 88.4 Å². The van der Waals surface area contributed by atoms with Crippen LogP contribution in [0.15, 0.2) is 72.8 Å². The fraction of sp³-hybridized carbons (Fsp3) is 0.0526. The van der Waals surface area contributed by atoms with Gasteiger partial charge in [-0.15, -0.1) is 0 Å². The minimum Gasteiger partial charge on any atom is -0.455 e. The van der Waals surface area contributed by atoms with Crippen LogP contribution in [0.5, 0.6) is 11.5 Å². The largest absolute Gasteiger partial charge is 0.455 e. The first kappa shape index (κ1) is 18.6. The third-order valence-corrected chi connectivity index (χ3v) is 5.43. The summed E-state index contributed by atoms with van der Waals surface area (Å²) in [6.45, 7) is 0. The van der Waals surface area contributed by atoms with Crippen molar-refractivity contribution in [3.8, 4) is 11.5 Å². The summed E-state index contributed by atoms with van der Waals surface area (Å²) < 4.78 is 33.5. The average Bonchev–Trinajstić information content (AvgIpc) is 2.61. The van der Waals surface area contributed by atoms with Gasteiger partial charge in [-0.1, -0.05) is 59.6 Å². The van der Waals surface area contributed by atoms with Gasteiger partial charge in [0.1, 0.15) is 5.75 Å². The highest BCUT2D eigenvalue weighted by molar-refractivity contribution is 7.91. The second kappa shape index (κ2) is 7.99. The predicted octanol–water partition coefficient (Wildman–Crippen LogP) is 5.73. The number of sulfonamides is 1. The summed E-state index contributed by atoms with van der Waals surface area (Å²) in [7, 11) is -3.75. The van der Waals surface area contributed by atoms with Crippen molar-refractivity contribution in [3.63, 3.8) is 0 Å². The van der Waals surface area contributed by atoms with Gasteiger partial charge in [0.2, 0.25) is 10.0 Å². The molecular weight excluding hydrogens is 393 g/mol. The van der Waals surface area contributed by atoms with Crippen LogP contribution in [0, 0.1) is 0 Å². The Balaban J connectivity index is 1.84. The molecule has 0 bridgehead atoms. The van der Waals surface area contributed by atoms with Crippen LogP contribution >= 0.6 is 23.2 Å². The molecular formula is C19H15Cl2NO3S. The number of ether oxygens (including phenoxy) is 1. The molecule has 0 heterocycles. The number of rotatable bonds is 6. The normalized spacial score (nSPS) is 11.2. The summed E-state index contributed by atoms with van der Waals surface area (Å²) in [5.74, 6) is 0.659. The lowest BCUT2D eigenvalue weighted by atomic mass is 10.2. The lowest BCUT2D eigenvalue weighted by molar-refractivity contribution is 0.485. The van der Waals surface area contributed by atoms with Crippen LogP contribution < -0.4 is 9.46 Å². The smallest absolute Gasteiger partial charge is 0.237 e. The van der Waals surface area contributed by atoms with Crippen LogP contribution in [0.25, 0.3) is 0 Å². The monoisotopic (exact) mass is 407 g/mol. The maximum Gasteiger partial charge on any atom is 0.237 e. The SMILES string of the molecule is O=S(=O)(Cc1c(Cl)cccc1Cl)Nc1ccccc1Oc1ccccc1. The van der Waals surface area contributed by atoms with E-state index < -0.39 is 10.0 Å². The number of benzene rings is 3. The van der Waals surface area contributed by atoms with Crippen LogP contribution in [-0.2, 0) is 15.8 Å². The third kappa shape index (κ3) is 4.69. The van der Waals surface area contributed by atoms with Gasteiger partial charge in [-0.25, -0.2) is 8.42 Å². The molecule has 0 atom stereocenters. The number of halogens is 2. The van der Waals surface area contributed by atoms with Crippen molar-refractivity contribution in [1.82, 2.24) is 0 Å². The molecule has 0 aliphatic carbocycles. The molecule has 3 aromatic carbocycles. The Morgan fingerprint density at radius 1 is 0.808 bits per heavy atom. The van der Waals surface area contributed by atoms with Gasteiger partial charge in [0.25, 0.3) is 0 Å². The predicted molar refractivity (Wildman–Crippen MR) is 106 cm³/mol. The lowest BCUT2D eigenvalue weighted by Gasteiger charge is -2.14. The van der Waals surface area contributed by atoms with Crippen molar-refractivity contribution in [1.29, 1.82) is 0 Å². The van der Waals surface area contributed by atoms with E-state index in [2.05, 4.69) is 4.72 Å². The molecule has 0 saturated carbocycles. The summed E-state index contributed by atoms with van der Waals surface area (Å²) in [6, 6.07) is 20.8. The highest BCUT2D eigenvalue weighted by atomic mass is 35.5. The van der Waals surface area contributed by atoms with Crippen LogP contribution in [0.1, 0.15) is 5.56 Å². The second-order valence-electron chi connectivity index (χ2n) is 5.47. The quantitative estimate of drug-likeness (QED) is 0.567. The lowest BCUT2D eigenvalue weighted by Crippen LogP contribution is -2.16. The Morgan fingerprint density at radius 3 is 2.12 bits per heavy atom. The van der Waals surface area contributed by atoms with Crippen molar-refractivity contribution in [2.75, 3.05) is 4.72 Å². The van der Waals surface area contributed by atoms with E-state index in [4.69, 9.17) is 27.9 Å². The average molecular weight is 408 g/mol. The second-order valence-corrected chi connectivity index (χ2v) is 8.01. The van der Waals surface area contributed by atoms with E-state index >= 15 is 0 Å². The maximum absolute atomic E-state index is 12.6. The van der Waals surface area contributed by atoms with Gasteiger partial charge >= 0.3 is 0 Å². The molecule has 0 aliphatic rings. The molecule has 7 heteroatoms. The summed E-state index contributed by atoms with van der Waals surface area (Å²) in [6.07, 6.45) is 0. The minimum atomic E-state index is -3.75. The third-order valence-electron chi connectivity index (χ3n) is 3.52. The molecule has 4 nitrogen and oxygen atoms in total. The molecule has 3 aromatic rings. The molecule has 26 heavy (non-hydrogen) atoms. The Bertz CT molecular complexity index is 988. The van der Waals surface area contributed by atoms with Crippen LogP contribution in [0.4, 0.5) is 5.69 Å². The van der Waals surface area contributed by atoms with Gasteiger partial charge in [-0.05, 0) is 36.4 Å². The molecule has 0 fully saturated rings. The molecule has 0 saturated heterocycles. The molecule has 0 aliphatic heterocycles. The van der Waals surface area contributed by atoms with Gasteiger partial charge in [-0.3, -0.25) is 4.72 Å². The first-order chi connectivity index (χ1) is 12.4. The molecule has 0 spiro atoms. The maximum atomic E-state index is 12.6. The fourth-order valence-electron chi connectivity index (χ4n) is 2.32. The Labute approximate surface area is 162 Å². The van der Waals surface area contributed by atoms with E-state index in [-0.39, 0.29) is 5.75 Å². The topological polar surface area (TPSA) is 55.4 Å². The van der Waals surface area contributed by atoms with E-state index in [9.17, 15) is 8.42 Å². The minimum absolute atomic E-state index is 0.302. The number of hydrogen-bond donors (Lipinski definition) is 1. The number of nitrogens with one attached hydrogen (secondary N) is 1. The molecule has 0 aromatic heterocycles. The number of hydrogen-bond acceptors (Lipinski definition) is 3. The Morgan fingerprint density at radius 2 is 1.42 bits per heavy atom. The van der Waals surface area contributed by atoms with Gasteiger partial charge in [0.15, 0.2) is 5.75 Å². The van der Waals surface area contributed by atoms with E-state index in [0.29, 0.717) is 32.8 Å². The van der Waals surface area contributed by atoms with Crippen LogP contribution in [0.3, 0.4) is 0 Å². The van der Waals surface area contributed by atoms with Crippen molar-refractivity contribution >= 4 is 38.9 Å². The summed E-state index contributed by atoms with van der Waals surface area (Å²) in [5, 5.41) is 0.605. The van der Waals surface area contributed by atoms with Gasteiger partial charge in [0.05, 0.1) is 11.4 Å². The molecule has 1 N–H and O–H groups in total. The van der Waals surface area contributed by atoms with Crippen LogP contribution in [-0.4, -0.2) is 8.42 Å². The Hall–Kier alpha value is -2.21. The van der Waals surface area contributed by atoms with Crippen molar-refractivity contribution in [2.24, 2.45) is 0 Å². The summed E-state index contributed by atoms with van der Waals surface area (Å²) >= 11 is 12.2. The molecule has 0 unspecified atom stereocenters. The highest BCUT2D eigenvalue weighted by Crippen LogP contribution is 2.31. The zero-order valence-electron chi connectivity index (χ0n) is 13.5. The fourth-order valence-corrected chi connectivity index (χ4v) is 4.28. The first-order valence-electron chi connectivity index (χ1n) is 7.70. The van der Waals surface area contributed by atoms with Crippen LogP contribution in [0.2, 0.25) is 10.0 Å². The van der Waals surface area contributed by atoms with Crippen molar-refractivity contribution in [2.45, 2.75) is 5.75 Å². The van der Waals surface area contributed by atoms with E-state index in [1.807, 2.05) is 18.2 Å². The van der Waals surface area contributed by atoms with E-state index in [1.54, 1.807) is 54.6 Å². The number of para-hydroxylation sites is 3. The molecule has 134 valence electrons. The Kier molecular flexibility index (Phi) is 5.71. The van der Waals surface area contributed by atoms with Gasteiger partial charge in [-0.2, -0.15) is 0 Å². The van der Waals surface area contributed by atoms with E-state index in [1.165, 1.54) is 0 Å². The summed E-state index contributed by atoms with van der Waals surface area (Å²) in [4.78, 5) is 0. The van der Waals surface area contributed by atoms with Gasteiger partial charge in [0, 0.05) is 15.6 Å². The molecule has 3 rings (SSSR count). The number of anilines is 1. The zero-order valence-corrected chi connectivity index (χ0v) is 15.9. The molecule has 0 radical (unpaired) electrons. The van der Waals surface area contributed by atoms with E-state index in [0.717, 1.165) is 0 Å². The highest BCUT2D eigenvalue weighted by Gasteiger charge is 2.18.